The molecule has 0 aliphatic carbocycles. The second-order valence-corrected chi connectivity index (χ2v) is 9.25. The van der Waals surface area contributed by atoms with E-state index < -0.39 is 24.0 Å². The highest BCUT2D eigenvalue weighted by atomic mass is 35.5. The Kier molecular flexibility index (Phi) is 9.00. The van der Waals surface area contributed by atoms with Crippen LogP contribution < -0.4 is 15.0 Å². The largest absolute Gasteiger partial charge is 0.489 e. The fraction of sp³-hybridized carbons (Fsp3) is 0.286. The van der Waals surface area contributed by atoms with Crippen molar-refractivity contribution in [1.82, 2.24) is 10.2 Å². The SMILES string of the molecule is O=C(NCc1cccc(OCc2ccc(Cl)cc2)c1)[C@H](O)[C@@H](O)C(=O)N1CCN(c2ccccc2)CC1. The molecule has 0 unspecified atom stereocenters. The Bertz CT molecular complexity index is 1180. The molecular weight excluding hydrogens is 494 g/mol. The molecule has 4 rings (SSSR count). The number of benzene rings is 3. The van der Waals surface area contributed by atoms with Gasteiger partial charge in [0.05, 0.1) is 0 Å². The number of nitrogens with zero attached hydrogens (tertiary/aromatic N) is 2. The number of rotatable bonds is 9. The third kappa shape index (κ3) is 7.22. The standard InChI is InChI=1S/C28H30ClN3O5/c29-22-11-9-20(10-12-22)19-37-24-8-4-5-21(17-24)18-30-27(35)25(33)26(34)28(36)32-15-13-31(14-16-32)23-6-2-1-3-7-23/h1-12,17,25-26,33-34H,13-16,18-19H2,(H,30,35)/t25-,26-/m1/s1. The molecule has 3 aromatic rings. The highest BCUT2D eigenvalue weighted by molar-refractivity contribution is 6.30. The van der Waals surface area contributed by atoms with Crippen LogP contribution in [0.4, 0.5) is 5.69 Å². The number of aliphatic hydroxyl groups is 2. The molecule has 1 heterocycles. The van der Waals surface area contributed by atoms with Crippen molar-refractivity contribution < 1.29 is 24.5 Å². The van der Waals surface area contributed by atoms with Crippen LogP contribution in [0.15, 0.2) is 78.9 Å². The third-order valence-corrected chi connectivity index (χ3v) is 6.47. The summed E-state index contributed by atoms with van der Waals surface area (Å²) in [5.74, 6) is -0.865. The van der Waals surface area contributed by atoms with E-state index in [-0.39, 0.29) is 6.54 Å². The van der Waals surface area contributed by atoms with Crippen molar-refractivity contribution in [1.29, 1.82) is 0 Å². The fourth-order valence-corrected chi connectivity index (χ4v) is 4.20. The van der Waals surface area contributed by atoms with Crippen LogP contribution in [0.5, 0.6) is 5.75 Å². The average Bonchev–Trinajstić information content (AvgIpc) is 2.95. The second-order valence-electron chi connectivity index (χ2n) is 8.82. The molecule has 2 amide bonds. The van der Waals surface area contributed by atoms with E-state index >= 15 is 0 Å². The molecule has 1 aliphatic heterocycles. The minimum atomic E-state index is -1.87. The minimum absolute atomic E-state index is 0.102. The van der Waals surface area contributed by atoms with Gasteiger partial charge in [-0.3, -0.25) is 9.59 Å². The van der Waals surface area contributed by atoms with Crippen molar-refractivity contribution >= 4 is 29.1 Å². The number of hydrogen-bond donors (Lipinski definition) is 3. The lowest BCUT2D eigenvalue weighted by molar-refractivity contribution is -0.153. The number of nitrogens with one attached hydrogen (secondary N) is 1. The third-order valence-electron chi connectivity index (χ3n) is 6.22. The van der Waals surface area contributed by atoms with Gasteiger partial charge in [-0.15, -0.1) is 0 Å². The van der Waals surface area contributed by atoms with E-state index in [2.05, 4.69) is 10.2 Å². The number of aliphatic hydroxyl groups excluding tert-OH is 2. The molecule has 1 aliphatic rings. The summed E-state index contributed by atoms with van der Waals surface area (Å²) < 4.78 is 5.80. The maximum atomic E-state index is 12.7. The van der Waals surface area contributed by atoms with Crippen molar-refractivity contribution in [3.05, 3.63) is 95.0 Å². The Morgan fingerprint density at radius 3 is 2.27 bits per heavy atom. The number of carbonyl (C=O) groups excluding carboxylic acids is 2. The first kappa shape index (κ1) is 26.5. The molecule has 37 heavy (non-hydrogen) atoms. The quantitative estimate of drug-likeness (QED) is 0.398. The number of amides is 2. The van der Waals surface area contributed by atoms with Crippen LogP contribution in [0, 0.1) is 0 Å². The second kappa shape index (κ2) is 12.6. The van der Waals surface area contributed by atoms with E-state index in [9.17, 15) is 19.8 Å². The highest BCUT2D eigenvalue weighted by Gasteiger charge is 2.34. The zero-order valence-corrected chi connectivity index (χ0v) is 21.1. The normalized spacial score (nSPS) is 15.1. The minimum Gasteiger partial charge on any atom is -0.489 e. The maximum absolute atomic E-state index is 12.7. The first-order valence-electron chi connectivity index (χ1n) is 12.1. The summed E-state index contributed by atoms with van der Waals surface area (Å²) in [5.41, 5.74) is 2.77. The van der Waals surface area contributed by atoms with Crippen LogP contribution in [0.25, 0.3) is 0 Å². The fourth-order valence-electron chi connectivity index (χ4n) is 4.08. The van der Waals surface area contributed by atoms with Crippen LogP contribution >= 0.6 is 11.6 Å². The Labute approximate surface area is 221 Å². The smallest absolute Gasteiger partial charge is 0.254 e. The maximum Gasteiger partial charge on any atom is 0.254 e. The molecular formula is C28H30ClN3O5. The van der Waals surface area contributed by atoms with Gasteiger partial charge in [0, 0.05) is 43.4 Å². The lowest BCUT2D eigenvalue weighted by atomic mass is 10.1. The molecule has 1 saturated heterocycles. The van der Waals surface area contributed by atoms with Gasteiger partial charge in [0.2, 0.25) is 0 Å². The van der Waals surface area contributed by atoms with E-state index in [1.54, 1.807) is 36.4 Å². The number of halogens is 1. The summed E-state index contributed by atoms with van der Waals surface area (Å²) >= 11 is 5.90. The van der Waals surface area contributed by atoms with Gasteiger partial charge in [-0.1, -0.05) is 54.1 Å². The average molecular weight is 524 g/mol. The summed E-state index contributed by atoms with van der Waals surface area (Å²) in [6.45, 7) is 2.44. The van der Waals surface area contributed by atoms with Crippen molar-refractivity contribution in [2.75, 3.05) is 31.1 Å². The summed E-state index contributed by atoms with van der Waals surface area (Å²) in [6.07, 6.45) is -3.71. The van der Waals surface area contributed by atoms with Crippen LogP contribution in [-0.2, 0) is 22.7 Å². The molecule has 0 bridgehead atoms. The van der Waals surface area contributed by atoms with Gasteiger partial charge in [-0.25, -0.2) is 0 Å². The first-order valence-corrected chi connectivity index (χ1v) is 12.5. The lowest BCUT2D eigenvalue weighted by Crippen LogP contribution is -2.55. The van der Waals surface area contributed by atoms with E-state index in [0.29, 0.717) is 43.6 Å². The van der Waals surface area contributed by atoms with Gasteiger partial charge in [0.1, 0.15) is 12.4 Å². The number of anilines is 1. The van der Waals surface area contributed by atoms with E-state index in [1.165, 1.54) is 4.90 Å². The van der Waals surface area contributed by atoms with Gasteiger partial charge in [-0.05, 0) is 47.5 Å². The summed E-state index contributed by atoms with van der Waals surface area (Å²) in [6, 6.07) is 24.4. The molecule has 0 spiro atoms. The zero-order chi connectivity index (χ0) is 26.2. The summed E-state index contributed by atoms with van der Waals surface area (Å²) in [7, 11) is 0. The summed E-state index contributed by atoms with van der Waals surface area (Å²) in [5, 5.41) is 23.9. The van der Waals surface area contributed by atoms with E-state index in [4.69, 9.17) is 16.3 Å². The van der Waals surface area contributed by atoms with Crippen LogP contribution in [0.3, 0.4) is 0 Å². The van der Waals surface area contributed by atoms with Crippen molar-refractivity contribution in [2.24, 2.45) is 0 Å². The van der Waals surface area contributed by atoms with E-state index in [0.717, 1.165) is 16.8 Å². The van der Waals surface area contributed by atoms with Crippen LogP contribution in [-0.4, -0.2) is 65.3 Å². The number of piperazine rings is 1. The Balaban J connectivity index is 1.24. The van der Waals surface area contributed by atoms with Crippen LogP contribution in [0.1, 0.15) is 11.1 Å². The molecule has 9 heteroatoms. The Morgan fingerprint density at radius 1 is 0.865 bits per heavy atom. The molecule has 0 saturated carbocycles. The molecule has 1 fully saturated rings. The van der Waals surface area contributed by atoms with Crippen molar-refractivity contribution in [2.45, 2.75) is 25.4 Å². The van der Waals surface area contributed by atoms with E-state index in [1.807, 2.05) is 42.5 Å². The Hall–Kier alpha value is -3.59. The summed E-state index contributed by atoms with van der Waals surface area (Å²) in [4.78, 5) is 28.8. The zero-order valence-electron chi connectivity index (χ0n) is 20.3. The van der Waals surface area contributed by atoms with Gasteiger partial charge >= 0.3 is 0 Å². The topological polar surface area (TPSA) is 102 Å². The van der Waals surface area contributed by atoms with Gasteiger partial charge in [0.25, 0.3) is 11.8 Å². The monoisotopic (exact) mass is 523 g/mol. The number of hydrogen-bond acceptors (Lipinski definition) is 6. The number of para-hydroxylation sites is 1. The lowest BCUT2D eigenvalue weighted by Gasteiger charge is -2.37. The first-order chi connectivity index (χ1) is 17.9. The van der Waals surface area contributed by atoms with Gasteiger partial charge in [0.15, 0.2) is 12.2 Å². The molecule has 0 radical (unpaired) electrons. The molecule has 194 valence electrons. The molecule has 2 atom stereocenters. The number of carbonyl (C=O) groups is 2. The predicted molar refractivity (Wildman–Crippen MR) is 141 cm³/mol. The Morgan fingerprint density at radius 2 is 1.57 bits per heavy atom. The predicted octanol–water partition coefficient (Wildman–Crippen LogP) is 2.61. The van der Waals surface area contributed by atoms with Crippen LogP contribution in [0.2, 0.25) is 5.02 Å². The van der Waals surface area contributed by atoms with Gasteiger partial charge < -0.3 is 30.1 Å². The van der Waals surface area contributed by atoms with Crippen molar-refractivity contribution in [3.8, 4) is 5.75 Å². The van der Waals surface area contributed by atoms with Gasteiger partial charge in [-0.2, -0.15) is 0 Å². The van der Waals surface area contributed by atoms with Crippen molar-refractivity contribution in [3.63, 3.8) is 0 Å². The molecule has 3 aromatic carbocycles. The molecule has 3 N–H and O–H groups in total. The molecule has 0 aromatic heterocycles. The number of ether oxygens (including phenoxy) is 1. The highest BCUT2D eigenvalue weighted by Crippen LogP contribution is 2.18. The molecule has 8 nitrogen and oxygen atoms in total.